The predicted molar refractivity (Wildman–Crippen MR) is 112 cm³/mol. The molecule has 0 spiro atoms. The van der Waals surface area contributed by atoms with Crippen molar-refractivity contribution in [3.05, 3.63) is 48.0 Å². The summed E-state index contributed by atoms with van der Waals surface area (Å²) in [5.41, 5.74) is 1.05. The second-order valence-corrected chi connectivity index (χ2v) is 7.39. The Morgan fingerprint density at radius 3 is 2.00 bits per heavy atom. The fourth-order valence-corrected chi connectivity index (χ4v) is 3.00. The molecule has 0 aliphatic heterocycles. The summed E-state index contributed by atoms with van der Waals surface area (Å²) in [5, 5.41) is 5.68. The molecule has 0 fully saturated rings. The number of anilines is 1. The van der Waals surface area contributed by atoms with Gasteiger partial charge in [0.2, 0.25) is 5.91 Å². The predicted octanol–water partition coefficient (Wildman–Crippen LogP) is 3.82. The number of hydrogen-bond donors (Lipinski definition) is 2. The van der Waals surface area contributed by atoms with Gasteiger partial charge in [-0.3, -0.25) is 9.59 Å². The summed E-state index contributed by atoms with van der Waals surface area (Å²) in [6.45, 7) is 3.76. The van der Waals surface area contributed by atoms with Crippen LogP contribution < -0.4 is 20.1 Å². The van der Waals surface area contributed by atoms with Crippen molar-refractivity contribution < 1.29 is 19.1 Å². The lowest BCUT2D eigenvalue weighted by Gasteiger charge is -2.22. The molecule has 0 radical (unpaired) electrons. The van der Waals surface area contributed by atoms with Crippen LogP contribution in [-0.4, -0.2) is 38.3 Å². The first-order chi connectivity index (χ1) is 13.4. The number of amides is 2. The Morgan fingerprint density at radius 2 is 1.54 bits per heavy atom. The lowest BCUT2D eigenvalue weighted by Crippen LogP contribution is -2.47. The van der Waals surface area contributed by atoms with Gasteiger partial charge in [-0.25, -0.2) is 0 Å². The molecule has 7 heteroatoms. The summed E-state index contributed by atoms with van der Waals surface area (Å²) in [6.07, 6.45) is 1.99. The quantitative estimate of drug-likeness (QED) is 0.657. The maximum absolute atomic E-state index is 12.7. The fourth-order valence-electron chi connectivity index (χ4n) is 2.59. The smallest absolute Gasteiger partial charge is 0.252 e. The van der Waals surface area contributed by atoms with E-state index in [1.54, 1.807) is 30.0 Å². The molecule has 0 saturated heterocycles. The van der Waals surface area contributed by atoms with E-state index >= 15 is 0 Å². The van der Waals surface area contributed by atoms with Crippen LogP contribution in [0.5, 0.6) is 11.5 Å². The van der Waals surface area contributed by atoms with Gasteiger partial charge in [-0.15, -0.1) is 11.8 Å². The van der Waals surface area contributed by atoms with Crippen molar-refractivity contribution in [2.75, 3.05) is 25.8 Å². The van der Waals surface area contributed by atoms with Crippen molar-refractivity contribution in [3.8, 4) is 11.5 Å². The number of benzene rings is 2. The summed E-state index contributed by atoms with van der Waals surface area (Å²) in [6, 6.07) is 11.8. The molecule has 0 aromatic heterocycles. The molecule has 1 atom stereocenters. The third kappa shape index (κ3) is 5.66. The minimum atomic E-state index is -0.690. The second-order valence-electron chi connectivity index (χ2n) is 6.51. The molecule has 0 unspecified atom stereocenters. The zero-order valence-electron chi connectivity index (χ0n) is 16.7. The highest BCUT2D eigenvalue weighted by Crippen LogP contribution is 2.23. The van der Waals surface area contributed by atoms with E-state index in [4.69, 9.17) is 9.47 Å². The first-order valence-corrected chi connectivity index (χ1v) is 10.1. The number of carbonyl (C=O) groups is 2. The average Bonchev–Trinajstić information content (AvgIpc) is 2.71. The van der Waals surface area contributed by atoms with Crippen LogP contribution in [0.2, 0.25) is 0 Å². The van der Waals surface area contributed by atoms with Crippen molar-refractivity contribution in [3.63, 3.8) is 0 Å². The van der Waals surface area contributed by atoms with E-state index in [-0.39, 0.29) is 17.7 Å². The van der Waals surface area contributed by atoms with Crippen molar-refractivity contribution in [2.24, 2.45) is 5.92 Å². The number of hydrogen-bond acceptors (Lipinski definition) is 5. The number of thioether (sulfide) groups is 1. The number of methoxy groups -OCH3 is 2. The van der Waals surface area contributed by atoms with Crippen LogP contribution in [0.4, 0.5) is 5.69 Å². The highest BCUT2D eigenvalue weighted by atomic mass is 32.2. The van der Waals surface area contributed by atoms with Crippen LogP contribution in [0.1, 0.15) is 24.2 Å². The van der Waals surface area contributed by atoms with Gasteiger partial charge in [0.15, 0.2) is 0 Å². The van der Waals surface area contributed by atoms with E-state index in [9.17, 15) is 9.59 Å². The Bertz CT molecular complexity index is 799. The molecule has 2 rings (SSSR count). The number of nitrogens with one attached hydrogen (secondary N) is 2. The summed E-state index contributed by atoms with van der Waals surface area (Å²) in [7, 11) is 3.03. The van der Waals surface area contributed by atoms with E-state index in [0.717, 1.165) is 4.90 Å². The molecule has 0 bridgehead atoms. The Hall–Kier alpha value is -2.67. The minimum Gasteiger partial charge on any atom is -0.497 e. The number of carbonyl (C=O) groups excluding carboxylic acids is 2. The molecule has 2 aromatic carbocycles. The van der Waals surface area contributed by atoms with Gasteiger partial charge in [0.1, 0.15) is 17.5 Å². The molecular formula is C21H26N2O4S. The van der Waals surface area contributed by atoms with E-state index in [1.165, 1.54) is 14.2 Å². The lowest BCUT2D eigenvalue weighted by molar-refractivity contribution is -0.118. The standard InChI is InChI=1S/C21H26N2O4S/c1-13(2)19(21(25)22-15-6-8-18(28-5)9-7-15)23-20(24)14-10-16(26-3)12-17(11-14)27-4/h6-13,19H,1-5H3,(H,22,25)(H,23,24)/t19-/m0/s1. The molecule has 6 nitrogen and oxygen atoms in total. The van der Waals surface area contributed by atoms with Gasteiger partial charge in [0, 0.05) is 22.2 Å². The third-order valence-corrected chi connectivity index (χ3v) is 4.95. The highest BCUT2D eigenvalue weighted by molar-refractivity contribution is 7.98. The van der Waals surface area contributed by atoms with E-state index < -0.39 is 6.04 Å². The third-order valence-electron chi connectivity index (χ3n) is 4.21. The lowest BCUT2D eigenvalue weighted by atomic mass is 10.0. The summed E-state index contributed by atoms with van der Waals surface area (Å²) < 4.78 is 10.4. The van der Waals surface area contributed by atoms with Crippen LogP contribution in [0.25, 0.3) is 0 Å². The molecule has 150 valence electrons. The number of rotatable bonds is 8. The molecule has 2 amide bonds. The van der Waals surface area contributed by atoms with Crippen molar-refractivity contribution in [1.82, 2.24) is 5.32 Å². The van der Waals surface area contributed by atoms with E-state index in [2.05, 4.69) is 10.6 Å². The summed E-state index contributed by atoms with van der Waals surface area (Å²) in [5.74, 6) is 0.272. The Morgan fingerprint density at radius 1 is 0.964 bits per heavy atom. The fraction of sp³-hybridized carbons (Fsp3) is 0.333. The maximum Gasteiger partial charge on any atom is 0.252 e. The molecule has 0 aliphatic carbocycles. The van der Waals surface area contributed by atoms with Gasteiger partial charge in [-0.2, -0.15) is 0 Å². The Labute approximate surface area is 170 Å². The number of ether oxygens (including phenoxy) is 2. The molecule has 28 heavy (non-hydrogen) atoms. The first-order valence-electron chi connectivity index (χ1n) is 8.86. The van der Waals surface area contributed by atoms with Crippen LogP contribution in [-0.2, 0) is 4.79 Å². The van der Waals surface area contributed by atoms with Crippen LogP contribution >= 0.6 is 11.8 Å². The topological polar surface area (TPSA) is 76.7 Å². The monoisotopic (exact) mass is 402 g/mol. The molecule has 2 N–H and O–H groups in total. The van der Waals surface area contributed by atoms with E-state index in [0.29, 0.717) is 22.7 Å². The molecule has 0 saturated carbocycles. The molecule has 0 aliphatic rings. The van der Waals surface area contributed by atoms with Crippen molar-refractivity contribution >= 4 is 29.3 Å². The largest absolute Gasteiger partial charge is 0.497 e. The van der Waals surface area contributed by atoms with Gasteiger partial charge in [-0.1, -0.05) is 13.8 Å². The minimum absolute atomic E-state index is 0.0954. The SMILES string of the molecule is COc1cc(OC)cc(C(=O)N[C@H](C(=O)Nc2ccc(SC)cc2)C(C)C)c1. The van der Waals surface area contributed by atoms with Gasteiger partial charge >= 0.3 is 0 Å². The van der Waals surface area contributed by atoms with Gasteiger partial charge in [0.25, 0.3) is 5.91 Å². The highest BCUT2D eigenvalue weighted by Gasteiger charge is 2.25. The Balaban J connectivity index is 2.14. The molecule has 0 heterocycles. The maximum atomic E-state index is 12.7. The zero-order chi connectivity index (χ0) is 20.7. The van der Waals surface area contributed by atoms with Crippen LogP contribution in [0.15, 0.2) is 47.4 Å². The first kappa shape index (κ1) is 21.6. The summed E-state index contributed by atoms with van der Waals surface area (Å²) in [4.78, 5) is 26.6. The average molecular weight is 403 g/mol. The normalized spacial score (nSPS) is 11.6. The molecular weight excluding hydrogens is 376 g/mol. The van der Waals surface area contributed by atoms with Crippen LogP contribution in [0.3, 0.4) is 0 Å². The van der Waals surface area contributed by atoms with Gasteiger partial charge in [-0.05, 0) is 48.6 Å². The van der Waals surface area contributed by atoms with Gasteiger partial charge < -0.3 is 20.1 Å². The Kier molecular flexibility index (Phi) is 7.75. The van der Waals surface area contributed by atoms with Crippen molar-refractivity contribution in [1.29, 1.82) is 0 Å². The van der Waals surface area contributed by atoms with Crippen molar-refractivity contribution in [2.45, 2.75) is 24.8 Å². The summed E-state index contributed by atoms with van der Waals surface area (Å²) >= 11 is 1.63. The van der Waals surface area contributed by atoms with E-state index in [1.807, 2.05) is 44.4 Å². The second kappa shape index (κ2) is 10.0. The van der Waals surface area contributed by atoms with Crippen LogP contribution in [0, 0.1) is 5.92 Å². The van der Waals surface area contributed by atoms with Gasteiger partial charge in [0.05, 0.1) is 14.2 Å². The molecule has 2 aromatic rings. The zero-order valence-corrected chi connectivity index (χ0v) is 17.6.